The van der Waals surface area contributed by atoms with Crippen molar-refractivity contribution in [2.75, 3.05) is 46.8 Å². The van der Waals surface area contributed by atoms with Crippen LogP contribution in [0.5, 0.6) is 0 Å². The van der Waals surface area contributed by atoms with Crippen LogP contribution in [-0.2, 0) is 18.9 Å². The Labute approximate surface area is 115 Å². The van der Waals surface area contributed by atoms with E-state index in [1.165, 1.54) is 12.8 Å². The van der Waals surface area contributed by atoms with E-state index in [1.54, 1.807) is 7.11 Å². The standard InChI is InChI=1S/C14H27NO4/c1-16-8-9-18-11-10-17-6-4-14(15)5-7-19-13(14)12-2-3-12/h12-13H,2-11,15H2,1H3. The Kier molecular flexibility index (Phi) is 6.04. The highest BCUT2D eigenvalue weighted by molar-refractivity contribution is 5.03. The van der Waals surface area contributed by atoms with Gasteiger partial charge in [0.2, 0.25) is 0 Å². The lowest BCUT2D eigenvalue weighted by molar-refractivity contribution is 0.0125. The Bertz CT molecular complexity index is 260. The van der Waals surface area contributed by atoms with E-state index < -0.39 is 0 Å². The van der Waals surface area contributed by atoms with Gasteiger partial charge in [-0.25, -0.2) is 0 Å². The zero-order chi connectivity index (χ0) is 13.6. The van der Waals surface area contributed by atoms with Crippen molar-refractivity contribution in [3.8, 4) is 0 Å². The van der Waals surface area contributed by atoms with Crippen LogP contribution in [0.4, 0.5) is 0 Å². The normalized spacial score (nSPS) is 30.9. The largest absolute Gasteiger partial charge is 0.382 e. The molecule has 19 heavy (non-hydrogen) atoms. The van der Waals surface area contributed by atoms with Crippen molar-refractivity contribution >= 4 is 0 Å². The summed E-state index contributed by atoms with van der Waals surface area (Å²) in [6, 6.07) is 0. The van der Waals surface area contributed by atoms with Crippen molar-refractivity contribution in [1.29, 1.82) is 0 Å². The summed E-state index contributed by atoms with van der Waals surface area (Å²) in [4.78, 5) is 0. The van der Waals surface area contributed by atoms with Gasteiger partial charge in [0.25, 0.3) is 0 Å². The summed E-state index contributed by atoms with van der Waals surface area (Å²) in [5, 5.41) is 0. The lowest BCUT2D eigenvalue weighted by Crippen LogP contribution is -2.49. The van der Waals surface area contributed by atoms with Gasteiger partial charge in [0.1, 0.15) is 0 Å². The molecule has 2 N–H and O–H groups in total. The highest BCUT2D eigenvalue weighted by Crippen LogP contribution is 2.43. The molecule has 0 aromatic rings. The molecule has 1 heterocycles. The summed E-state index contributed by atoms with van der Waals surface area (Å²) in [6.07, 6.45) is 4.65. The molecule has 112 valence electrons. The van der Waals surface area contributed by atoms with E-state index in [4.69, 9.17) is 24.7 Å². The lowest BCUT2D eigenvalue weighted by Gasteiger charge is -2.29. The summed E-state index contributed by atoms with van der Waals surface area (Å²) in [7, 11) is 1.67. The van der Waals surface area contributed by atoms with Gasteiger partial charge in [-0.1, -0.05) is 0 Å². The van der Waals surface area contributed by atoms with E-state index in [9.17, 15) is 0 Å². The maximum absolute atomic E-state index is 6.47. The molecule has 1 saturated carbocycles. The van der Waals surface area contributed by atoms with Crippen LogP contribution < -0.4 is 5.73 Å². The third-order valence-corrected chi connectivity index (χ3v) is 4.00. The molecule has 1 aliphatic carbocycles. The highest BCUT2D eigenvalue weighted by Gasteiger charge is 2.48. The molecule has 2 aliphatic rings. The molecule has 0 radical (unpaired) electrons. The van der Waals surface area contributed by atoms with Gasteiger partial charge in [-0.15, -0.1) is 0 Å². The lowest BCUT2D eigenvalue weighted by atomic mass is 9.86. The first kappa shape index (κ1) is 15.2. The SMILES string of the molecule is COCCOCCOCCC1(N)CCOC1C1CC1. The molecule has 0 amide bonds. The predicted octanol–water partition coefficient (Wildman–Crippen LogP) is 0.953. The Morgan fingerprint density at radius 2 is 1.79 bits per heavy atom. The Morgan fingerprint density at radius 1 is 1.11 bits per heavy atom. The summed E-state index contributed by atoms with van der Waals surface area (Å²) in [6.45, 7) is 3.98. The molecule has 0 bridgehead atoms. The van der Waals surface area contributed by atoms with Crippen LogP contribution in [0.2, 0.25) is 0 Å². The van der Waals surface area contributed by atoms with E-state index in [0.717, 1.165) is 19.4 Å². The minimum Gasteiger partial charge on any atom is -0.382 e. The summed E-state index contributed by atoms with van der Waals surface area (Å²) < 4.78 is 21.6. The van der Waals surface area contributed by atoms with Crippen LogP contribution in [0.15, 0.2) is 0 Å². The molecule has 0 aromatic heterocycles. The van der Waals surface area contributed by atoms with E-state index in [2.05, 4.69) is 0 Å². The highest BCUT2D eigenvalue weighted by atomic mass is 16.5. The second-order valence-electron chi connectivity index (χ2n) is 5.58. The van der Waals surface area contributed by atoms with Crippen LogP contribution >= 0.6 is 0 Å². The smallest absolute Gasteiger partial charge is 0.0784 e. The average Bonchev–Trinajstić information content (AvgIpc) is 3.17. The van der Waals surface area contributed by atoms with Crippen LogP contribution in [-0.4, -0.2) is 58.4 Å². The topological polar surface area (TPSA) is 62.9 Å². The first-order valence-electron chi connectivity index (χ1n) is 7.31. The van der Waals surface area contributed by atoms with Crippen LogP contribution in [0.1, 0.15) is 25.7 Å². The van der Waals surface area contributed by atoms with Gasteiger partial charge in [0, 0.05) is 25.9 Å². The zero-order valence-electron chi connectivity index (χ0n) is 11.9. The number of hydrogen-bond acceptors (Lipinski definition) is 5. The monoisotopic (exact) mass is 273 g/mol. The van der Waals surface area contributed by atoms with E-state index in [0.29, 0.717) is 39.0 Å². The Hall–Kier alpha value is -0.200. The van der Waals surface area contributed by atoms with Gasteiger partial charge < -0.3 is 24.7 Å². The molecule has 1 saturated heterocycles. The number of ether oxygens (including phenoxy) is 4. The zero-order valence-corrected chi connectivity index (χ0v) is 11.9. The number of hydrogen-bond donors (Lipinski definition) is 1. The quantitative estimate of drug-likeness (QED) is 0.601. The van der Waals surface area contributed by atoms with Gasteiger partial charge in [0.05, 0.1) is 32.5 Å². The fraction of sp³-hybridized carbons (Fsp3) is 1.00. The number of rotatable bonds is 10. The maximum atomic E-state index is 6.47. The average molecular weight is 273 g/mol. The summed E-state index contributed by atoms with van der Waals surface area (Å²) in [5.41, 5.74) is 6.30. The molecule has 5 nitrogen and oxygen atoms in total. The number of methoxy groups -OCH3 is 1. The van der Waals surface area contributed by atoms with Crippen molar-refractivity contribution in [2.24, 2.45) is 11.7 Å². The molecule has 0 spiro atoms. The van der Waals surface area contributed by atoms with E-state index in [1.807, 2.05) is 0 Å². The van der Waals surface area contributed by atoms with Gasteiger partial charge in [-0.3, -0.25) is 0 Å². The molecule has 2 fully saturated rings. The van der Waals surface area contributed by atoms with E-state index in [-0.39, 0.29) is 11.6 Å². The Morgan fingerprint density at radius 3 is 2.47 bits per heavy atom. The molecular formula is C14H27NO4. The minimum absolute atomic E-state index is 0.169. The third-order valence-electron chi connectivity index (χ3n) is 4.00. The van der Waals surface area contributed by atoms with E-state index >= 15 is 0 Å². The third kappa shape index (κ3) is 4.68. The van der Waals surface area contributed by atoms with Crippen molar-refractivity contribution in [3.05, 3.63) is 0 Å². The molecule has 1 aliphatic heterocycles. The van der Waals surface area contributed by atoms with Crippen molar-refractivity contribution < 1.29 is 18.9 Å². The maximum Gasteiger partial charge on any atom is 0.0784 e. The van der Waals surface area contributed by atoms with Gasteiger partial charge >= 0.3 is 0 Å². The Balaban J connectivity index is 1.52. The fourth-order valence-corrected chi connectivity index (χ4v) is 2.68. The molecule has 2 atom stereocenters. The summed E-state index contributed by atoms with van der Waals surface area (Å²) >= 11 is 0. The van der Waals surface area contributed by atoms with Crippen LogP contribution in [0, 0.1) is 5.92 Å². The molecule has 2 rings (SSSR count). The van der Waals surface area contributed by atoms with Crippen LogP contribution in [0.25, 0.3) is 0 Å². The first-order chi connectivity index (χ1) is 9.26. The molecular weight excluding hydrogens is 246 g/mol. The number of nitrogens with two attached hydrogens (primary N) is 1. The second-order valence-corrected chi connectivity index (χ2v) is 5.58. The van der Waals surface area contributed by atoms with Crippen molar-refractivity contribution in [1.82, 2.24) is 0 Å². The second kappa shape index (κ2) is 7.55. The van der Waals surface area contributed by atoms with Gasteiger partial charge in [-0.2, -0.15) is 0 Å². The predicted molar refractivity (Wildman–Crippen MR) is 72.1 cm³/mol. The molecule has 0 aromatic carbocycles. The minimum atomic E-state index is -0.169. The molecule has 2 unspecified atom stereocenters. The van der Waals surface area contributed by atoms with Gasteiger partial charge in [-0.05, 0) is 31.6 Å². The van der Waals surface area contributed by atoms with Crippen LogP contribution in [0.3, 0.4) is 0 Å². The summed E-state index contributed by atoms with van der Waals surface area (Å²) in [5.74, 6) is 0.699. The molecule has 5 heteroatoms. The first-order valence-corrected chi connectivity index (χ1v) is 7.31. The van der Waals surface area contributed by atoms with Crippen molar-refractivity contribution in [3.63, 3.8) is 0 Å². The van der Waals surface area contributed by atoms with Gasteiger partial charge in [0.15, 0.2) is 0 Å². The fourth-order valence-electron chi connectivity index (χ4n) is 2.68. The van der Waals surface area contributed by atoms with Crippen molar-refractivity contribution in [2.45, 2.75) is 37.3 Å².